The Balaban J connectivity index is 1.37. The maximum atomic E-state index is 12.6. The Hall–Kier alpha value is -3.27. The molecule has 0 unspecified atom stereocenters. The van der Waals surface area contributed by atoms with Crippen LogP contribution >= 0.6 is 0 Å². The number of furan rings is 1. The van der Waals surface area contributed by atoms with Gasteiger partial charge in [-0.15, -0.1) is 0 Å². The topological polar surface area (TPSA) is 84.8 Å². The number of hydrogen-bond donors (Lipinski definition) is 0. The number of ether oxygens (including phenoxy) is 1. The SMILES string of the molecule is O=C(c1ccoc1)N1CCN(Cc2nc(-c3ccccc3OC(F)F)no2)CC1. The van der Waals surface area contributed by atoms with E-state index in [-0.39, 0.29) is 17.5 Å². The van der Waals surface area contributed by atoms with Crippen molar-refractivity contribution in [1.29, 1.82) is 0 Å². The molecule has 1 aliphatic rings. The first-order chi connectivity index (χ1) is 14.1. The summed E-state index contributed by atoms with van der Waals surface area (Å²) in [5.74, 6) is 0.474. The van der Waals surface area contributed by atoms with Gasteiger partial charge in [0.1, 0.15) is 12.0 Å². The Morgan fingerprint density at radius 3 is 2.69 bits per heavy atom. The number of carbonyl (C=O) groups is 1. The van der Waals surface area contributed by atoms with E-state index in [0.717, 1.165) is 0 Å². The third-order valence-corrected chi connectivity index (χ3v) is 4.60. The quantitative estimate of drug-likeness (QED) is 0.625. The fourth-order valence-electron chi connectivity index (χ4n) is 3.15. The zero-order chi connectivity index (χ0) is 20.2. The van der Waals surface area contributed by atoms with Crippen LogP contribution in [-0.4, -0.2) is 58.6 Å². The van der Waals surface area contributed by atoms with E-state index < -0.39 is 6.61 Å². The van der Waals surface area contributed by atoms with Crippen LogP contribution in [0.15, 0.2) is 51.8 Å². The Kier molecular flexibility index (Phi) is 5.52. The van der Waals surface area contributed by atoms with Crippen LogP contribution in [0.3, 0.4) is 0 Å². The van der Waals surface area contributed by atoms with E-state index in [4.69, 9.17) is 8.94 Å². The molecule has 10 heteroatoms. The molecular formula is C19H18F2N4O4. The smallest absolute Gasteiger partial charge is 0.387 e. The molecule has 0 saturated carbocycles. The lowest BCUT2D eigenvalue weighted by atomic mass is 10.2. The predicted octanol–water partition coefficient (Wildman–Crippen LogP) is 2.89. The van der Waals surface area contributed by atoms with E-state index in [1.165, 1.54) is 18.6 Å². The molecule has 1 fully saturated rings. The highest BCUT2D eigenvalue weighted by Crippen LogP contribution is 2.29. The summed E-state index contributed by atoms with van der Waals surface area (Å²) in [6.45, 7) is -0.118. The van der Waals surface area contributed by atoms with Crippen LogP contribution in [0.5, 0.6) is 5.75 Å². The number of carbonyl (C=O) groups excluding carboxylic acids is 1. The van der Waals surface area contributed by atoms with Crippen LogP contribution in [0, 0.1) is 0 Å². The summed E-state index contributed by atoms with van der Waals surface area (Å²) in [5.41, 5.74) is 0.864. The third kappa shape index (κ3) is 4.43. The second-order valence-electron chi connectivity index (χ2n) is 6.47. The summed E-state index contributed by atoms with van der Waals surface area (Å²) in [6.07, 6.45) is 2.91. The van der Waals surface area contributed by atoms with Crippen molar-refractivity contribution in [3.05, 3.63) is 54.3 Å². The molecule has 1 amide bonds. The van der Waals surface area contributed by atoms with Crippen molar-refractivity contribution in [2.75, 3.05) is 26.2 Å². The van der Waals surface area contributed by atoms with Crippen molar-refractivity contribution >= 4 is 5.91 Å². The van der Waals surface area contributed by atoms with Crippen molar-refractivity contribution in [3.8, 4) is 17.1 Å². The third-order valence-electron chi connectivity index (χ3n) is 4.60. The molecule has 29 heavy (non-hydrogen) atoms. The molecule has 8 nitrogen and oxygen atoms in total. The Labute approximate surface area is 164 Å². The van der Waals surface area contributed by atoms with Crippen molar-refractivity contribution in [2.45, 2.75) is 13.2 Å². The van der Waals surface area contributed by atoms with Gasteiger partial charge in [-0.2, -0.15) is 13.8 Å². The number of rotatable bonds is 6. The van der Waals surface area contributed by atoms with E-state index in [9.17, 15) is 13.6 Å². The van der Waals surface area contributed by atoms with Crippen LogP contribution < -0.4 is 4.74 Å². The average Bonchev–Trinajstić information content (AvgIpc) is 3.40. The van der Waals surface area contributed by atoms with Crippen molar-refractivity contribution in [2.24, 2.45) is 0 Å². The van der Waals surface area contributed by atoms with Crippen molar-refractivity contribution < 1.29 is 27.3 Å². The summed E-state index contributed by atoms with van der Waals surface area (Å²) in [5, 5.41) is 3.88. The van der Waals surface area contributed by atoms with Gasteiger partial charge in [0.05, 0.1) is 23.9 Å². The Morgan fingerprint density at radius 2 is 1.97 bits per heavy atom. The van der Waals surface area contributed by atoms with Crippen LogP contribution in [-0.2, 0) is 6.54 Å². The van der Waals surface area contributed by atoms with Crippen LogP contribution in [0.25, 0.3) is 11.4 Å². The lowest BCUT2D eigenvalue weighted by Crippen LogP contribution is -2.48. The number of benzene rings is 1. The molecule has 1 aromatic carbocycles. The molecule has 0 aliphatic carbocycles. The molecule has 0 N–H and O–H groups in total. The standard InChI is InChI=1S/C19H18F2N4O4/c20-19(21)28-15-4-2-1-3-14(15)17-22-16(29-23-17)11-24-6-8-25(9-7-24)18(26)13-5-10-27-12-13/h1-5,10,12,19H,6-9,11H2. The number of hydrogen-bond acceptors (Lipinski definition) is 7. The zero-order valence-electron chi connectivity index (χ0n) is 15.3. The van der Waals surface area contributed by atoms with E-state index in [2.05, 4.69) is 19.8 Å². The highest BCUT2D eigenvalue weighted by atomic mass is 19.3. The summed E-state index contributed by atoms with van der Waals surface area (Å²) in [6, 6.07) is 7.93. The molecule has 1 saturated heterocycles. The highest BCUT2D eigenvalue weighted by molar-refractivity contribution is 5.93. The number of para-hydroxylation sites is 1. The first-order valence-corrected chi connectivity index (χ1v) is 9.01. The molecule has 2 aromatic heterocycles. The highest BCUT2D eigenvalue weighted by Gasteiger charge is 2.24. The number of halogens is 2. The zero-order valence-corrected chi connectivity index (χ0v) is 15.3. The number of piperazine rings is 1. The summed E-state index contributed by atoms with van der Waals surface area (Å²) < 4.78 is 39.9. The summed E-state index contributed by atoms with van der Waals surface area (Å²) >= 11 is 0. The molecule has 152 valence electrons. The van der Waals surface area contributed by atoms with Crippen LogP contribution in [0.2, 0.25) is 0 Å². The second-order valence-corrected chi connectivity index (χ2v) is 6.47. The maximum Gasteiger partial charge on any atom is 0.387 e. The lowest BCUT2D eigenvalue weighted by Gasteiger charge is -2.33. The van der Waals surface area contributed by atoms with E-state index in [0.29, 0.717) is 49.7 Å². The van der Waals surface area contributed by atoms with E-state index >= 15 is 0 Å². The van der Waals surface area contributed by atoms with Gasteiger partial charge in [-0.25, -0.2) is 0 Å². The molecule has 4 rings (SSSR count). The number of nitrogens with zero attached hydrogens (tertiary/aromatic N) is 4. The van der Waals surface area contributed by atoms with E-state index in [1.54, 1.807) is 29.2 Å². The molecule has 1 aliphatic heterocycles. The summed E-state index contributed by atoms with van der Waals surface area (Å²) in [4.78, 5) is 20.5. The largest absolute Gasteiger partial charge is 0.472 e. The van der Waals surface area contributed by atoms with Gasteiger partial charge in [0.2, 0.25) is 11.7 Å². The lowest BCUT2D eigenvalue weighted by molar-refractivity contribution is -0.0494. The fourth-order valence-corrected chi connectivity index (χ4v) is 3.15. The van der Waals surface area contributed by atoms with Gasteiger partial charge in [-0.05, 0) is 18.2 Å². The predicted molar refractivity (Wildman–Crippen MR) is 96.3 cm³/mol. The van der Waals surface area contributed by atoms with Crippen LogP contribution in [0.1, 0.15) is 16.2 Å². The maximum absolute atomic E-state index is 12.6. The van der Waals surface area contributed by atoms with Crippen molar-refractivity contribution in [3.63, 3.8) is 0 Å². The molecule has 3 aromatic rings. The molecule has 3 heterocycles. The average molecular weight is 404 g/mol. The van der Waals surface area contributed by atoms with Gasteiger partial charge >= 0.3 is 6.61 Å². The Morgan fingerprint density at radius 1 is 1.17 bits per heavy atom. The minimum absolute atomic E-state index is 0.0128. The van der Waals surface area contributed by atoms with Crippen LogP contribution in [0.4, 0.5) is 8.78 Å². The minimum atomic E-state index is -2.94. The normalized spacial score (nSPS) is 15.1. The molecule has 0 bridgehead atoms. The fraction of sp³-hybridized carbons (Fsp3) is 0.316. The van der Waals surface area contributed by atoms with E-state index in [1.807, 2.05) is 0 Å². The summed E-state index contributed by atoms with van der Waals surface area (Å²) in [7, 11) is 0. The molecular weight excluding hydrogens is 386 g/mol. The van der Waals surface area contributed by atoms with Gasteiger partial charge in [-0.1, -0.05) is 17.3 Å². The van der Waals surface area contributed by atoms with Gasteiger partial charge in [0.25, 0.3) is 5.91 Å². The van der Waals surface area contributed by atoms with Gasteiger partial charge < -0.3 is 18.6 Å². The number of aromatic nitrogens is 2. The second kappa shape index (κ2) is 8.39. The van der Waals surface area contributed by atoms with Gasteiger partial charge in [0.15, 0.2) is 0 Å². The van der Waals surface area contributed by atoms with Gasteiger partial charge in [-0.3, -0.25) is 9.69 Å². The first-order valence-electron chi connectivity index (χ1n) is 9.01. The molecule has 0 spiro atoms. The molecule has 0 atom stereocenters. The van der Waals surface area contributed by atoms with Gasteiger partial charge in [0, 0.05) is 26.2 Å². The van der Waals surface area contributed by atoms with Crippen molar-refractivity contribution in [1.82, 2.24) is 19.9 Å². The molecule has 0 radical (unpaired) electrons. The number of amides is 1. The minimum Gasteiger partial charge on any atom is -0.472 e. The monoisotopic (exact) mass is 404 g/mol. The first kappa shape index (κ1) is 19.1. The Bertz CT molecular complexity index is 953. The number of alkyl halides is 2.